The third kappa shape index (κ3) is 2.77. The van der Waals surface area contributed by atoms with Gasteiger partial charge in [-0.15, -0.1) is 0 Å². The maximum absolute atomic E-state index is 12.3. The standard InChI is InChI=1S/C10H11BrN4O3S/c1-6-9(8(5-16)14-13-6)19(17,18)15-10-7(11)3-2-4-12-10/h2-4,16H,5H2,1H3,(H,12,15)(H,13,14). The number of hydrogen-bond acceptors (Lipinski definition) is 5. The molecule has 7 nitrogen and oxygen atoms in total. The zero-order valence-electron chi connectivity index (χ0n) is 9.88. The average molecular weight is 347 g/mol. The molecule has 0 radical (unpaired) electrons. The van der Waals surface area contributed by atoms with Gasteiger partial charge >= 0.3 is 0 Å². The van der Waals surface area contributed by atoms with Gasteiger partial charge in [-0.2, -0.15) is 5.10 Å². The van der Waals surface area contributed by atoms with E-state index in [4.69, 9.17) is 5.11 Å². The molecule has 0 spiro atoms. The summed E-state index contributed by atoms with van der Waals surface area (Å²) in [5.74, 6) is 0.173. The highest BCUT2D eigenvalue weighted by Gasteiger charge is 2.25. The van der Waals surface area contributed by atoms with Crippen LogP contribution >= 0.6 is 15.9 Å². The summed E-state index contributed by atoms with van der Waals surface area (Å²) in [6.45, 7) is 1.10. The molecule has 0 aliphatic heterocycles. The van der Waals surface area contributed by atoms with Crippen LogP contribution in [0.5, 0.6) is 0 Å². The van der Waals surface area contributed by atoms with E-state index in [1.807, 2.05) is 0 Å². The number of hydrogen-bond donors (Lipinski definition) is 3. The molecule has 9 heteroatoms. The van der Waals surface area contributed by atoms with Gasteiger partial charge in [-0.1, -0.05) is 0 Å². The van der Waals surface area contributed by atoms with Crippen molar-refractivity contribution in [3.63, 3.8) is 0 Å². The highest BCUT2D eigenvalue weighted by atomic mass is 79.9. The first-order valence-corrected chi connectivity index (χ1v) is 7.51. The van der Waals surface area contributed by atoms with E-state index in [0.29, 0.717) is 10.2 Å². The van der Waals surface area contributed by atoms with Crippen LogP contribution in [0.4, 0.5) is 5.82 Å². The number of halogens is 1. The lowest BCUT2D eigenvalue weighted by atomic mass is 10.4. The topological polar surface area (TPSA) is 108 Å². The number of aliphatic hydroxyl groups excluding tert-OH is 1. The van der Waals surface area contributed by atoms with E-state index in [0.717, 1.165) is 0 Å². The van der Waals surface area contributed by atoms with Gasteiger partial charge in [0.1, 0.15) is 10.6 Å². The Hall–Kier alpha value is -1.45. The van der Waals surface area contributed by atoms with Crippen molar-refractivity contribution < 1.29 is 13.5 Å². The maximum Gasteiger partial charge on any atom is 0.266 e. The van der Waals surface area contributed by atoms with Gasteiger partial charge in [0.2, 0.25) is 0 Å². The minimum absolute atomic E-state index is 0.0625. The number of H-pyrrole nitrogens is 1. The van der Waals surface area contributed by atoms with Gasteiger partial charge in [-0.05, 0) is 35.0 Å². The molecule has 3 N–H and O–H groups in total. The molecule has 0 fully saturated rings. The van der Waals surface area contributed by atoms with Gasteiger partial charge in [0.15, 0.2) is 5.82 Å². The molecule has 2 rings (SSSR count). The van der Waals surface area contributed by atoms with Gasteiger partial charge in [-0.3, -0.25) is 9.82 Å². The van der Waals surface area contributed by atoms with E-state index in [1.54, 1.807) is 19.1 Å². The Kier molecular flexibility index (Phi) is 3.88. The fourth-order valence-corrected chi connectivity index (χ4v) is 3.45. The third-order valence-corrected chi connectivity index (χ3v) is 4.55. The molecular formula is C10H11BrN4O3S. The number of aromatic amines is 1. The fourth-order valence-electron chi connectivity index (χ4n) is 1.57. The quantitative estimate of drug-likeness (QED) is 0.769. The van der Waals surface area contributed by atoms with E-state index >= 15 is 0 Å². The molecule has 0 saturated heterocycles. The zero-order valence-corrected chi connectivity index (χ0v) is 12.3. The Morgan fingerprint density at radius 1 is 1.53 bits per heavy atom. The Labute approximate surface area is 118 Å². The molecule has 0 unspecified atom stereocenters. The first-order valence-electron chi connectivity index (χ1n) is 5.23. The van der Waals surface area contributed by atoms with E-state index < -0.39 is 16.6 Å². The summed E-state index contributed by atoms with van der Waals surface area (Å²) in [4.78, 5) is 3.87. The van der Waals surface area contributed by atoms with Crippen LogP contribution in [0.1, 0.15) is 11.4 Å². The van der Waals surface area contributed by atoms with E-state index in [1.165, 1.54) is 6.20 Å². The molecule has 102 valence electrons. The second kappa shape index (κ2) is 5.27. The lowest BCUT2D eigenvalue weighted by Gasteiger charge is -2.08. The Morgan fingerprint density at radius 2 is 2.26 bits per heavy atom. The summed E-state index contributed by atoms with van der Waals surface area (Å²) < 4.78 is 27.4. The van der Waals surface area contributed by atoms with E-state index in [9.17, 15) is 8.42 Å². The van der Waals surface area contributed by atoms with Crippen molar-refractivity contribution in [2.45, 2.75) is 18.4 Å². The lowest BCUT2D eigenvalue weighted by molar-refractivity contribution is 0.273. The highest BCUT2D eigenvalue weighted by Crippen LogP contribution is 2.24. The molecule has 0 aliphatic carbocycles. The number of sulfonamides is 1. The third-order valence-electron chi connectivity index (χ3n) is 2.37. The summed E-state index contributed by atoms with van der Waals surface area (Å²) in [7, 11) is -3.86. The van der Waals surface area contributed by atoms with Crippen LogP contribution in [0.15, 0.2) is 27.7 Å². The van der Waals surface area contributed by atoms with Crippen molar-refractivity contribution in [3.8, 4) is 0 Å². The van der Waals surface area contributed by atoms with Crippen LogP contribution < -0.4 is 4.72 Å². The highest BCUT2D eigenvalue weighted by molar-refractivity contribution is 9.10. The fraction of sp³-hybridized carbons (Fsp3) is 0.200. The van der Waals surface area contributed by atoms with E-state index in [2.05, 4.69) is 35.8 Å². The predicted molar refractivity (Wildman–Crippen MR) is 72.0 cm³/mol. The van der Waals surface area contributed by atoms with Crippen molar-refractivity contribution in [1.82, 2.24) is 15.2 Å². The van der Waals surface area contributed by atoms with Gasteiger partial charge in [0.25, 0.3) is 10.0 Å². The van der Waals surface area contributed by atoms with Crippen LogP contribution in [0.2, 0.25) is 0 Å². The van der Waals surface area contributed by atoms with Crippen LogP contribution in [0, 0.1) is 6.92 Å². The molecule has 0 saturated carbocycles. The molecule has 0 bridgehead atoms. The maximum atomic E-state index is 12.3. The van der Waals surface area contributed by atoms with Crippen LogP contribution in [0.3, 0.4) is 0 Å². The Morgan fingerprint density at radius 3 is 2.89 bits per heavy atom. The summed E-state index contributed by atoms with van der Waals surface area (Å²) in [6, 6.07) is 3.34. The van der Waals surface area contributed by atoms with Gasteiger partial charge < -0.3 is 5.11 Å². The number of aryl methyl sites for hydroxylation is 1. The lowest BCUT2D eigenvalue weighted by Crippen LogP contribution is -2.16. The van der Waals surface area contributed by atoms with Crippen molar-refractivity contribution in [2.24, 2.45) is 0 Å². The number of rotatable bonds is 4. The molecule has 0 atom stereocenters. The van der Waals surface area contributed by atoms with Crippen molar-refractivity contribution in [2.75, 3.05) is 4.72 Å². The number of anilines is 1. The minimum atomic E-state index is -3.86. The molecule has 0 aromatic carbocycles. The molecule has 0 aliphatic rings. The molecule has 2 heterocycles. The molecule has 0 amide bonds. The van der Waals surface area contributed by atoms with E-state index in [-0.39, 0.29) is 16.4 Å². The molecule has 2 aromatic heterocycles. The van der Waals surface area contributed by atoms with Gasteiger partial charge in [-0.25, -0.2) is 13.4 Å². The second-order valence-corrected chi connectivity index (χ2v) is 6.20. The number of aromatic nitrogens is 3. The SMILES string of the molecule is Cc1[nH]nc(CO)c1S(=O)(=O)Nc1ncccc1Br. The largest absolute Gasteiger partial charge is 0.390 e. The smallest absolute Gasteiger partial charge is 0.266 e. The first kappa shape index (κ1) is 14.0. The second-order valence-electron chi connectivity index (χ2n) is 3.72. The number of pyridine rings is 1. The van der Waals surface area contributed by atoms with Crippen molar-refractivity contribution in [3.05, 3.63) is 34.2 Å². The molecule has 2 aromatic rings. The summed E-state index contributed by atoms with van der Waals surface area (Å²) in [6.07, 6.45) is 1.47. The Bertz CT molecular complexity index is 699. The first-order chi connectivity index (χ1) is 8.95. The van der Waals surface area contributed by atoms with Gasteiger partial charge in [0.05, 0.1) is 16.8 Å². The minimum Gasteiger partial charge on any atom is -0.390 e. The number of aliphatic hydroxyl groups is 1. The van der Waals surface area contributed by atoms with Gasteiger partial charge in [0, 0.05) is 6.20 Å². The van der Waals surface area contributed by atoms with Crippen molar-refractivity contribution >= 4 is 31.8 Å². The average Bonchev–Trinajstić information content (AvgIpc) is 2.74. The number of nitrogens with one attached hydrogen (secondary N) is 2. The Balaban J connectivity index is 2.44. The summed E-state index contributed by atoms with van der Waals surface area (Å²) in [5, 5.41) is 15.4. The van der Waals surface area contributed by atoms with Crippen molar-refractivity contribution in [1.29, 1.82) is 0 Å². The zero-order chi connectivity index (χ0) is 14.0. The monoisotopic (exact) mass is 346 g/mol. The summed E-state index contributed by atoms with van der Waals surface area (Å²) >= 11 is 3.20. The van der Waals surface area contributed by atoms with Crippen LogP contribution in [-0.2, 0) is 16.6 Å². The molecular weight excluding hydrogens is 336 g/mol. The predicted octanol–water partition coefficient (Wildman–Crippen LogP) is 1.17. The van der Waals surface area contributed by atoms with Crippen LogP contribution in [-0.4, -0.2) is 28.7 Å². The van der Waals surface area contributed by atoms with Crippen LogP contribution in [0.25, 0.3) is 0 Å². The molecule has 19 heavy (non-hydrogen) atoms. The number of nitrogens with zero attached hydrogens (tertiary/aromatic N) is 2. The summed E-state index contributed by atoms with van der Waals surface area (Å²) in [5.41, 5.74) is 0.417. The normalized spacial score (nSPS) is 11.5.